The lowest BCUT2D eigenvalue weighted by atomic mass is 10.2. The van der Waals surface area contributed by atoms with Crippen molar-refractivity contribution in [2.45, 2.75) is 6.42 Å². The van der Waals surface area contributed by atoms with Crippen LogP contribution in [0.25, 0.3) is 0 Å². The van der Waals surface area contributed by atoms with E-state index in [1.165, 1.54) is 0 Å². The summed E-state index contributed by atoms with van der Waals surface area (Å²) in [7, 11) is 0. The summed E-state index contributed by atoms with van der Waals surface area (Å²) in [6, 6.07) is 4.63. The second-order valence-electron chi connectivity index (χ2n) is 3.87. The summed E-state index contributed by atoms with van der Waals surface area (Å²) in [5.41, 5.74) is -0.314. The molecule has 0 radical (unpaired) electrons. The molecule has 0 atom stereocenters. The zero-order valence-electron chi connectivity index (χ0n) is 10.2. The van der Waals surface area contributed by atoms with Gasteiger partial charge in [0.15, 0.2) is 0 Å². The molecule has 0 unspecified atom stereocenters. The molecule has 0 saturated carbocycles. The zero-order chi connectivity index (χ0) is 14.5. The number of nitrogens with zero attached hydrogens (tertiary/aromatic N) is 2. The Labute approximate surface area is 118 Å². The molecule has 2 rings (SSSR count). The Morgan fingerprint density at radius 2 is 2.35 bits per heavy atom. The topological polar surface area (TPSA) is 98.3 Å². The van der Waals surface area contributed by atoms with E-state index in [-0.39, 0.29) is 16.4 Å². The van der Waals surface area contributed by atoms with Gasteiger partial charge in [-0.25, -0.2) is 4.98 Å². The van der Waals surface area contributed by atoms with Crippen molar-refractivity contribution >= 4 is 23.2 Å². The maximum atomic E-state index is 11.9. The lowest BCUT2D eigenvalue weighted by Gasteiger charge is -2.05. The molecule has 0 spiro atoms. The SMILES string of the molecule is O=C(NCCc1ccco1)c1cc([N+](=O)[O-])cnc1Cl. The Balaban J connectivity index is 2.01. The summed E-state index contributed by atoms with van der Waals surface area (Å²) in [6.07, 6.45) is 3.05. The lowest BCUT2D eigenvalue weighted by Crippen LogP contribution is -2.26. The third-order valence-corrected chi connectivity index (χ3v) is 2.82. The molecule has 104 valence electrons. The van der Waals surface area contributed by atoms with Gasteiger partial charge < -0.3 is 9.73 Å². The van der Waals surface area contributed by atoms with Gasteiger partial charge in [-0.1, -0.05) is 11.6 Å². The van der Waals surface area contributed by atoms with Crippen molar-refractivity contribution in [1.29, 1.82) is 0 Å². The van der Waals surface area contributed by atoms with Crippen LogP contribution in [0.15, 0.2) is 35.1 Å². The van der Waals surface area contributed by atoms with E-state index in [1.807, 2.05) is 0 Å². The number of nitro groups is 1. The number of carbonyl (C=O) groups is 1. The van der Waals surface area contributed by atoms with E-state index in [2.05, 4.69) is 10.3 Å². The molecule has 0 aliphatic heterocycles. The molecule has 2 aromatic rings. The maximum absolute atomic E-state index is 11.9. The fraction of sp³-hybridized carbons (Fsp3) is 0.167. The van der Waals surface area contributed by atoms with Gasteiger partial charge in [0.2, 0.25) is 0 Å². The first-order valence-electron chi connectivity index (χ1n) is 5.68. The van der Waals surface area contributed by atoms with Gasteiger partial charge >= 0.3 is 0 Å². The van der Waals surface area contributed by atoms with Gasteiger partial charge in [-0.05, 0) is 12.1 Å². The van der Waals surface area contributed by atoms with E-state index in [0.717, 1.165) is 18.0 Å². The van der Waals surface area contributed by atoms with Gasteiger partial charge in [0.25, 0.3) is 11.6 Å². The van der Waals surface area contributed by atoms with Gasteiger partial charge in [0.1, 0.15) is 17.1 Å². The molecule has 2 heterocycles. The molecular formula is C12H10ClN3O4. The number of pyridine rings is 1. The van der Waals surface area contributed by atoms with E-state index in [0.29, 0.717) is 13.0 Å². The molecule has 0 fully saturated rings. The van der Waals surface area contributed by atoms with E-state index < -0.39 is 10.8 Å². The Bertz CT molecular complexity index is 628. The number of furan rings is 1. The number of hydrogen-bond acceptors (Lipinski definition) is 5. The number of amides is 1. The maximum Gasteiger partial charge on any atom is 0.288 e. The fourth-order valence-electron chi connectivity index (χ4n) is 1.55. The molecule has 7 nitrogen and oxygen atoms in total. The van der Waals surface area contributed by atoms with Crippen molar-refractivity contribution in [3.05, 3.63) is 57.3 Å². The predicted octanol–water partition coefficient (Wildman–Crippen LogP) is 2.21. The van der Waals surface area contributed by atoms with Crippen molar-refractivity contribution in [3.8, 4) is 0 Å². The van der Waals surface area contributed by atoms with Crippen LogP contribution in [0, 0.1) is 10.1 Å². The van der Waals surface area contributed by atoms with Crippen LogP contribution in [0.4, 0.5) is 5.69 Å². The summed E-state index contributed by atoms with van der Waals surface area (Å²) in [6.45, 7) is 0.325. The normalized spacial score (nSPS) is 10.2. The summed E-state index contributed by atoms with van der Waals surface area (Å²) in [5, 5.41) is 13.2. The number of rotatable bonds is 5. The second kappa shape index (κ2) is 6.16. The van der Waals surface area contributed by atoms with Crippen LogP contribution in [0.2, 0.25) is 5.15 Å². The smallest absolute Gasteiger partial charge is 0.288 e. The Hall–Kier alpha value is -2.41. The molecular weight excluding hydrogens is 286 g/mol. The minimum absolute atomic E-state index is 0.0275. The number of carbonyl (C=O) groups excluding carboxylic acids is 1. The Kier molecular flexibility index (Phi) is 4.31. The summed E-state index contributed by atoms with van der Waals surface area (Å²) < 4.78 is 5.12. The molecule has 8 heteroatoms. The zero-order valence-corrected chi connectivity index (χ0v) is 11.0. The fourth-order valence-corrected chi connectivity index (χ4v) is 1.73. The van der Waals surface area contributed by atoms with Crippen molar-refractivity contribution in [2.24, 2.45) is 0 Å². The highest BCUT2D eigenvalue weighted by atomic mass is 35.5. The first kappa shape index (κ1) is 14.0. The first-order chi connectivity index (χ1) is 9.58. The first-order valence-corrected chi connectivity index (χ1v) is 6.06. The molecule has 20 heavy (non-hydrogen) atoms. The molecule has 0 aliphatic rings. The van der Waals surface area contributed by atoms with Crippen LogP contribution in [-0.4, -0.2) is 22.4 Å². The Morgan fingerprint density at radius 1 is 1.55 bits per heavy atom. The van der Waals surface area contributed by atoms with Crippen LogP contribution >= 0.6 is 11.6 Å². The third-order valence-electron chi connectivity index (χ3n) is 2.52. The summed E-state index contributed by atoms with van der Waals surface area (Å²) >= 11 is 5.76. The molecule has 2 aromatic heterocycles. The number of aromatic nitrogens is 1. The van der Waals surface area contributed by atoms with Crippen LogP contribution in [-0.2, 0) is 6.42 Å². The highest BCUT2D eigenvalue weighted by Crippen LogP contribution is 2.18. The van der Waals surface area contributed by atoms with Gasteiger partial charge in [-0.15, -0.1) is 0 Å². The third kappa shape index (κ3) is 3.33. The minimum atomic E-state index is -0.636. The van der Waals surface area contributed by atoms with Gasteiger partial charge in [0.05, 0.1) is 16.7 Å². The highest BCUT2D eigenvalue weighted by molar-refractivity contribution is 6.32. The second-order valence-corrected chi connectivity index (χ2v) is 4.23. The highest BCUT2D eigenvalue weighted by Gasteiger charge is 2.16. The predicted molar refractivity (Wildman–Crippen MR) is 70.6 cm³/mol. The van der Waals surface area contributed by atoms with E-state index in [9.17, 15) is 14.9 Å². The summed E-state index contributed by atoms with van der Waals surface area (Å²) in [5.74, 6) is 0.214. The number of nitrogens with one attached hydrogen (secondary N) is 1. The van der Waals surface area contributed by atoms with Crippen molar-refractivity contribution in [2.75, 3.05) is 6.54 Å². The quantitative estimate of drug-likeness (QED) is 0.518. The largest absolute Gasteiger partial charge is 0.469 e. The van der Waals surface area contributed by atoms with Gasteiger partial charge in [-0.2, -0.15) is 0 Å². The monoisotopic (exact) mass is 295 g/mol. The van der Waals surface area contributed by atoms with E-state index >= 15 is 0 Å². The minimum Gasteiger partial charge on any atom is -0.469 e. The number of hydrogen-bond donors (Lipinski definition) is 1. The lowest BCUT2D eigenvalue weighted by molar-refractivity contribution is -0.385. The molecule has 1 amide bonds. The van der Waals surface area contributed by atoms with Crippen molar-refractivity contribution in [3.63, 3.8) is 0 Å². The van der Waals surface area contributed by atoms with Crippen LogP contribution in [0.5, 0.6) is 0 Å². The van der Waals surface area contributed by atoms with Crippen molar-refractivity contribution in [1.82, 2.24) is 10.3 Å². The van der Waals surface area contributed by atoms with Crippen molar-refractivity contribution < 1.29 is 14.1 Å². The average molecular weight is 296 g/mol. The summed E-state index contributed by atoms with van der Waals surface area (Å²) in [4.78, 5) is 25.5. The number of halogens is 1. The van der Waals surface area contributed by atoms with Crippen LogP contribution in [0.1, 0.15) is 16.1 Å². The Morgan fingerprint density at radius 3 is 3.00 bits per heavy atom. The van der Waals surface area contributed by atoms with Gasteiger partial charge in [-0.3, -0.25) is 14.9 Å². The van der Waals surface area contributed by atoms with E-state index in [1.54, 1.807) is 18.4 Å². The molecule has 1 N–H and O–H groups in total. The van der Waals surface area contributed by atoms with E-state index in [4.69, 9.17) is 16.0 Å². The van der Waals surface area contributed by atoms with Gasteiger partial charge in [0, 0.05) is 19.0 Å². The molecule has 0 aromatic carbocycles. The molecule has 0 saturated heterocycles. The standard InChI is InChI=1S/C12H10ClN3O4/c13-11-10(6-8(7-15-11)16(18)19)12(17)14-4-3-9-2-1-5-20-9/h1-2,5-7H,3-4H2,(H,14,17). The molecule has 0 aliphatic carbocycles. The van der Waals surface area contributed by atoms with Crippen LogP contribution < -0.4 is 5.32 Å². The average Bonchev–Trinajstić information content (AvgIpc) is 2.92. The van der Waals surface area contributed by atoms with Crippen LogP contribution in [0.3, 0.4) is 0 Å². The molecule has 0 bridgehead atoms.